The fourth-order valence-electron chi connectivity index (χ4n) is 3.27. The fraction of sp³-hybridized carbons (Fsp3) is 0.955. The zero-order chi connectivity index (χ0) is 24.1. The summed E-state index contributed by atoms with van der Waals surface area (Å²) in [6, 6.07) is 0.0420. The number of thioether (sulfide) groups is 1. The highest BCUT2D eigenvalue weighted by atomic mass is 32.2. The Hall–Kier alpha value is -0.413. The molecule has 1 aliphatic rings. The highest BCUT2D eigenvalue weighted by Crippen LogP contribution is 2.39. The number of carbonyl (C=O) groups is 1. The van der Waals surface area contributed by atoms with Crippen LogP contribution in [0.1, 0.15) is 73.6 Å². The molecule has 2 unspecified atom stereocenters. The van der Waals surface area contributed by atoms with E-state index in [1.165, 1.54) is 0 Å². The van der Waals surface area contributed by atoms with E-state index >= 15 is 0 Å². The summed E-state index contributed by atoms with van der Waals surface area (Å²) in [5.41, 5.74) is -0.561. The van der Waals surface area contributed by atoms with Crippen LogP contribution in [0.5, 0.6) is 0 Å². The summed E-state index contributed by atoms with van der Waals surface area (Å²) in [4.78, 5) is 14.6. The van der Waals surface area contributed by atoms with Gasteiger partial charge in [-0.1, -0.05) is 20.8 Å². The molecule has 1 fully saturated rings. The van der Waals surface area contributed by atoms with Crippen LogP contribution in [0.25, 0.3) is 0 Å². The van der Waals surface area contributed by atoms with Gasteiger partial charge in [0.1, 0.15) is 5.60 Å². The van der Waals surface area contributed by atoms with Gasteiger partial charge in [-0.2, -0.15) is 24.9 Å². The zero-order valence-electron chi connectivity index (χ0n) is 20.5. The van der Waals surface area contributed by atoms with Gasteiger partial charge in [0, 0.05) is 19.0 Å². The van der Waals surface area contributed by atoms with E-state index in [9.17, 15) is 18.0 Å². The monoisotopic (exact) mass is 485 g/mol. The Morgan fingerprint density at radius 2 is 1.65 bits per heavy atom. The van der Waals surface area contributed by atoms with Crippen molar-refractivity contribution in [3.63, 3.8) is 0 Å². The number of hydrogen-bond acceptors (Lipinski definition) is 4. The van der Waals surface area contributed by atoms with Gasteiger partial charge in [-0.15, -0.1) is 0 Å². The van der Waals surface area contributed by atoms with Crippen LogP contribution < -0.4 is 0 Å². The third kappa shape index (κ3) is 10.8. The largest absolute Gasteiger partial charge is 0.444 e. The first kappa shape index (κ1) is 28.6. The van der Waals surface area contributed by atoms with E-state index in [2.05, 4.69) is 33.9 Å². The van der Waals surface area contributed by atoms with E-state index in [0.29, 0.717) is 12.3 Å². The van der Waals surface area contributed by atoms with Gasteiger partial charge < -0.3 is 14.1 Å². The molecule has 1 aliphatic heterocycles. The number of alkyl halides is 3. The number of likely N-dealkylation sites (tertiary alicyclic amines) is 1. The Balaban J connectivity index is 2.62. The van der Waals surface area contributed by atoms with Crippen molar-refractivity contribution in [1.82, 2.24) is 4.90 Å². The summed E-state index contributed by atoms with van der Waals surface area (Å²) in [5.74, 6) is 1.31. The molecule has 0 aromatic carbocycles. The van der Waals surface area contributed by atoms with Gasteiger partial charge in [0.2, 0.25) is 0 Å². The molecule has 1 saturated heterocycles. The Labute approximate surface area is 192 Å². The molecule has 1 heterocycles. The van der Waals surface area contributed by atoms with Crippen molar-refractivity contribution >= 4 is 26.2 Å². The quantitative estimate of drug-likeness (QED) is 0.255. The first-order valence-corrected chi connectivity index (χ1v) is 15.3. The second-order valence-corrected chi connectivity index (χ2v) is 17.0. The molecule has 9 heteroatoms. The maximum absolute atomic E-state index is 12.8. The first-order chi connectivity index (χ1) is 13.9. The van der Waals surface area contributed by atoms with Crippen molar-refractivity contribution in [3.8, 4) is 0 Å². The molecule has 1 rings (SSSR count). The van der Waals surface area contributed by atoms with Crippen molar-refractivity contribution in [2.24, 2.45) is 0 Å². The van der Waals surface area contributed by atoms with Crippen LogP contribution in [-0.2, 0) is 9.16 Å². The highest BCUT2D eigenvalue weighted by molar-refractivity contribution is 7.99. The van der Waals surface area contributed by atoms with Gasteiger partial charge >= 0.3 is 12.3 Å². The zero-order valence-corrected chi connectivity index (χ0v) is 22.3. The number of halogens is 3. The van der Waals surface area contributed by atoms with Crippen LogP contribution in [0.2, 0.25) is 18.1 Å². The fourth-order valence-corrected chi connectivity index (χ4v) is 5.55. The summed E-state index contributed by atoms with van der Waals surface area (Å²) < 4.78 is 48.9. The number of nitrogens with zero attached hydrogens (tertiary/aromatic N) is 1. The molecule has 0 radical (unpaired) electrons. The standard InChI is InChI=1S/C22H42F3NO3SSi/c1-20(2,3)28-19(27)26-16-18(29-31(7,8)21(4,5)6)15-17(26)11-9-13-30-14-10-12-22(23,24)25/h17-18H,9-16H2,1-8H3. The lowest BCUT2D eigenvalue weighted by atomic mass is 10.1. The lowest BCUT2D eigenvalue weighted by Gasteiger charge is -2.38. The SMILES string of the molecule is CC(C)(C)OC(=O)N1CC(O[Si](C)(C)C(C)(C)C)CC1CCCSCCCC(F)(F)F. The molecular weight excluding hydrogens is 443 g/mol. The molecule has 0 aromatic heterocycles. The lowest BCUT2D eigenvalue weighted by molar-refractivity contribution is -0.134. The maximum atomic E-state index is 12.8. The van der Waals surface area contributed by atoms with E-state index in [0.717, 1.165) is 25.0 Å². The van der Waals surface area contributed by atoms with E-state index in [1.54, 1.807) is 16.7 Å². The maximum Gasteiger partial charge on any atom is 0.410 e. The molecule has 2 atom stereocenters. The van der Waals surface area contributed by atoms with Gasteiger partial charge in [-0.3, -0.25) is 0 Å². The van der Waals surface area contributed by atoms with Crippen LogP contribution >= 0.6 is 11.8 Å². The normalized spacial score (nSPS) is 20.9. The molecule has 0 aromatic rings. The van der Waals surface area contributed by atoms with Crippen LogP contribution in [0.4, 0.5) is 18.0 Å². The molecular formula is C22H42F3NO3SSi. The van der Waals surface area contributed by atoms with Crippen molar-refractivity contribution < 1.29 is 27.1 Å². The molecule has 0 spiro atoms. The summed E-state index contributed by atoms with van der Waals surface area (Å²) >= 11 is 1.55. The summed E-state index contributed by atoms with van der Waals surface area (Å²) in [6.45, 7) is 17.1. The second kappa shape index (κ2) is 11.1. The highest BCUT2D eigenvalue weighted by Gasteiger charge is 2.44. The number of carbonyl (C=O) groups excluding carboxylic acids is 1. The molecule has 0 N–H and O–H groups in total. The predicted molar refractivity (Wildman–Crippen MR) is 125 cm³/mol. The van der Waals surface area contributed by atoms with Gasteiger partial charge in [0.15, 0.2) is 8.32 Å². The van der Waals surface area contributed by atoms with Gasteiger partial charge in [0.25, 0.3) is 0 Å². The predicted octanol–water partition coefficient (Wildman–Crippen LogP) is 7.24. The van der Waals surface area contributed by atoms with Crippen molar-refractivity contribution in [1.29, 1.82) is 0 Å². The smallest absolute Gasteiger partial charge is 0.410 e. The molecule has 0 saturated carbocycles. The molecule has 31 heavy (non-hydrogen) atoms. The third-order valence-corrected chi connectivity index (χ3v) is 11.5. The Morgan fingerprint density at radius 1 is 1.06 bits per heavy atom. The van der Waals surface area contributed by atoms with E-state index in [1.807, 2.05) is 20.8 Å². The van der Waals surface area contributed by atoms with Crippen molar-refractivity contribution in [2.45, 2.75) is 116 Å². The minimum atomic E-state index is -4.07. The van der Waals surface area contributed by atoms with E-state index < -0.39 is 26.5 Å². The molecule has 0 bridgehead atoms. The Morgan fingerprint density at radius 3 is 2.16 bits per heavy atom. The van der Waals surface area contributed by atoms with Crippen molar-refractivity contribution in [3.05, 3.63) is 0 Å². The Bertz CT molecular complexity index is 574. The minimum Gasteiger partial charge on any atom is -0.444 e. The molecule has 0 aliphatic carbocycles. The summed E-state index contributed by atoms with van der Waals surface area (Å²) in [6.07, 6.45) is -2.50. The minimum absolute atomic E-state index is 0.00199. The van der Waals surface area contributed by atoms with Crippen molar-refractivity contribution in [2.75, 3.05) is 18.1 Å². The average molecular weight is 486 g/mol. The van der Waals surface area contributed by atoms with Gasteiger partial charge in [-0.25, -0.2) is 4.79 Å². The lowest BCUT2D eigenvalue weighted by Crippen LogP contribution is -2.45. The number of hydrogen-bond donors (Lipinski definition) is 0. The number of amides is 1. The second-order valence-electron chi connectivity index (χ2n) is 11.0. The molecule has 184 valence electrons. The van der Waals surface area contributed by atoms with Crippen LogP contribution in [0.15, 0.2) is 0 Å². The Kier molecular flexibility index (Phi) is 10.3. The number of rotatable bonds is 9. The van der Waals surface area contributed by atoms with Gasteiger partial charge in [0.05, 0.1) is 6.10 Å². The van der Waals surface area contributed by atoms with Crippen LogP contribution in [-0.4, -0.2) is 61.3 Å². The first-order valence-electron chi connectivity index (χ1n) is 11.2. The van der Waals surface area contributed by atoms with E-state index in [4.69, 9.17) is 9.16 Å². The van der Waals surface area contributed by atoms with Gasteiger partial charge in [-0.05, 0) is 76.1 Å². The summed E-state index contributed by atoms with van der Waals surface area (Å²) in [7, 11) is -1.95. The van der Waals surface area contributed by atoms with E-state index in [-0.39, 0.29) is 29.7 Å². The third-order valence-electron chi connectivity index (χ3n) is 5.85. The molecule has 1 amide bonds. The van der Waals surface area contributed by atoms with Crippen LogP contribution in [0.3, 0.4) is 0 Å². The topological polar surface area (TPSA) is 38.8 Å². The number of ether oxygens (including phenoxy) is 1. The summed E-state index contributed by atoms with van der Waals surface area (Å²) in [5, 5.41) is 0.0922. The molecule has 4 nitrogen and oxygen atoms in total. The average Bonchev–Trinajstić information content (AvgIpc) is 2.92. The van der Waals surface area contributed by atoms with Crippen LogP contribution in [0, 0.1) is 0 Å².